The molecule has 1 atom stereocenters. The van der Waals surface area contributed by atoms with Crippen LogP contribution >= 0.6 is 0 Å². The van der Waals surface area contributed by atoms with Gasteiger partial charge in [-0.05, 0) is 25.7 Å². The van der Waals surface area contributed by atoms with Gasteiger partial charge in [-0.3, -0.25) is 4.68 Å². The Hall–Kier alpha value is -0.830. The molecule has 1 aromatic rings. The quantitative estimate of drug-likeness (QED) is 0.803. The smallest absolute Gasteiger partial charge is 0.0537 e. The lowest BCUT2D eigenvalue weighted by Gasteiger charge is -2.25. The molecule has 0 aliphatic rings. The Bertz CT molecular complexity index is 315. The van der Waals surface area contributed by atoms with Gasteiger partial charge in [-0.15, -0.1) is 0 Å². The molecule has 1 aromatic heterocycles. The van der Waals surface area contributed by atoms with Crippen LogP contribution in [-0.4, -0.2) is 16.3 Å². The van der Waals surface area contributed by atoms with Crippen LogP contribution in [0.15, 0.2) is 12.4 Å². The van der Waals surface area contributed by atoms with E-state index in [1.807, 2.05) is 10.9 Å². The van der Waals surface area contributed by atoms with Crippen molar-refractivity contribution in [2.75, 3.05) is 6.54 Å². The summed E-state index contributed by atoms with van der Waals surface area (Å²) in [6.07, 6.45) is 5.28. The van der Waals surface area contributed by atoms with Crippen LogP contribution in [0.25, 0.3) is 0 Å². The minimum atomic E-state index is 0.370. The second kappa shape index (κ2) is 5.48. The van der Waals surface area contributed by atoms with E-state index in [9.17, 15) is 0 Å². The average Bonchev–Trinajstić information content (AvgIpc) is 2.74. The Kier molecular flexibility index (Phi) is 4.54. The number of nitrogens with one attached hydrogen (secondary N) is 1. The molecule has 92 valence electrons. The second-order valence-corrected chi connectivity index (χ2v) is 5.25. The van der Waals surface area contributed by atoms with Crippen LogP contribution < -0.4 is 5.32 Å². The van der Waals surface area contributed by atoms with Crippen LogP contribution in [-0.2, 0) is 6.54 Å². The van der Waals surface area contributed by atoms with Crippen LogP contribution in [0.3, 0.4) is 0 Å². The topological polar surface area (TPSA) is 29.9 Å². The monoisotopic (exact) mass is 223 g/mol. The van der Waals surface area contributed by atoms with Gasteiger partial charge in [0.05, 0.1) is 6.20 Å². The highest BCUT2D eigenvalue weighted by Gasteiger charge is 2.16. The normalized spacial score (nSPS) is 14.1. The summed E-state index contributed by atoms with van der Waals surface area (Å²) in [5.74, 6) is 0. The molecule has 0 saturated heterocycles. The maximum absolute atomic E-state index is 4.30. The van der Waals surface area contributed by atoms with Gasteiger partial charge in [0.2, 0.25) is 0 Å². The minimum Gasteiger partial charge on any atom is -0.310 e. The highest BCUT2D eigenvalue weighted by atomic mass is 15.3. The molecule has 0 aliphatic heterocycles. The Morgan fingerprint density at radius 1 is 1.44 bits per heavy atom. The summed E-state index contributed by atoms with van der Waals surface area (Å²) >= 11 is 0. The lowest BCUT2D eigenvalue weighted by atomic mass is 9.90. The van der Waals surface area contributed by atoms with Gasteiger partial charge < -0.3 is 5.32 Å². The number of aromatic nitrogens is 2. The number of hydrogen-bond acceptors (Lipinski definition) is 2. The molecular weight excluding hydrogens is 198 g/mol. The molecule has 1 rings (SSSR count). The first kappa shape index (κ1) is 13.2. The van der Waals surface area contributed by atoms with Crippen molar-refractivity contribution in [1.29, 1.82) is 0 Å². The van der Waals surface area contributed by atoms with E-state index in [2.05, 4.69) is 51.2 Å². The van der Waals surface area contributed by atoms with Crippen molar-refractivity contribution >= 4 is 0 Å². The van der Waals surface area contributed by atoms with Gasteiger partial charge in [-0.1, -0.05) is 20.8 Å². The Morgan fingerprint density at radius 2 is 2.12 bits per heavy atom. The molecule has 0 aromatic carbocycles. The lowest BCUT2D eigenvalue weighted by Crippen LogP contribution is -2.30. The molecule has 0 aliphatic carbocycles. The number of hydrogen-bond donors (Lipinski definition) is 1. The first-order valence-corrected chi connectivity index (χ1v) is 6.24. The molecule has 0 saturated carbocycles. The zero-order valence-corrected chi connectivity index (χ0v) is 11.2. The molecule has 1 unspecified atom stereocenters. The zero-order valence-electron chi connectivity index (χ0n) is 11.2. The largest absolute Gasteiger partial charge is 0.310 e. The fourth-order valence-electron chi connectivity index (χ4n) is 1.45. The maximum Gasteiger partial charge on any atom is 0.0537 e. The highest BCUT2D eigenvalue weighted by molar-refractivity contribution is 5.09. The Labute approximate surface area is 99.2 Å². The van der Waals surface area contributed by atoms with Crippen LogP contribution in [0, 0.1) is 5.41 Å². The van der Waals surface area contributed by atoms with Crippen LogP contribution in [0.5, 0.6) is 0 Å². The molecule has 0 spiro atoms. The summed E-state index contributed by atoms with van der Waals surface area (Å²) in [5.41, 5.74) is 1.64. The van der Waals surface area contributed by atoms with Gasteiger partial charge in [-0.25, -0.2) is 0 Å². The van der Waals surface area contributed by atoms with E-state index < -0.39 is 0 Å². The third-order valence-corrected chi connectivity index (χ3v) is 3.32. The van der Waals surface area contributed by atoms with E-state index >= 15 is 0 Å². The molecule has 0 amide bonds. The Balaban J connectivity index is 2.49. The van der Waals surface area contributed by atoms with Crippen molar-refractivity contribution < 1.29 is 0 Å². The van der Waals surface area contributed by atoms with Crippen molar-refractivity contribution in [3.05, 3.63) is 18.0 Å². The molecule has 1 heterocycles. The van der Waals surface area contributed by atoms with E-state index in [1.54, 1.807) is 0 Å². The number of rotatable bonds is 6. The summed E-state index contributed by atoms with van der Waals surface area (Å²) in [5, 5.41) is 7.87. The second-order valence-electron chi connectivity index (χ2n) is 5.25. The fraction of sp³-hybridized carbons (Fsp3) is 0.769. The van der Waals surface area contributed by atoms with Gasteiger partial charge in [0.1, 0.15) is 0 Å². The molecule has 0 fully saturated rings. The molecular formula is C13H25N3. The molecule has 3 heteroatoms. The predicted octanol–water partition coefficient (Wildman–Crippen LogP) is 2.99. The maximum atomic E-state index is 4.30. The van der Waals surface area contributed by atoms with E-state index in [1.165, 1.54) is 12.0 Å². The van der Waals surface area contributed by atoms with Crippen LogP contribution in [0.4, 0.5) is 0 Å². The molecule has 0 radical (unpaired) electrons. The first-order chi connectivity index (χ1) is 7.48. The molecule has 1 N–H and O–H groups in total. The average molecular weight is 223 g/mol. The van der Waals surface area contributed by atoms with E-state index in [0.717, 1.165) is 13.1 Å². The van der Waals surface area contributed by atoms with Gasteiger partial charge in [-0.2, -0.15) is 5.10 Å². The van der Waals surface area contributed by atoms with Gasteiger partial charge in [0.25, 0.3) is 0 Å². The van der Waals surface area contributed by atoms with Crippen molar-refractivity contribution in [3.8, 4) is 0 Å². The van der Waals surface area contributed by atoms with Crippen molar-refractivity contribution in [2.45, 2.75) is 53.6 Å². The summed E-state index contributed by atoms with van der Waals surface area (Å²) in [4.78, 5) is 0. The standard InChI is InChI=1S/C13H25N3/c1-6-13(4,5)10-14-11(3)12-8-15-16(7-2)9-12/h8-9,11,14H,6-7,10H2,1-5H3. The summed E-state index contributed by atoms with van der Waals surface area (Å²) in [6, 6.07) is 0.381. The fourth-order valence-corrected chi connectivity index (χ4v) is 1.45. The van der Waals surface area contributed by atoms with E-state index in [0.29, 0.717) is 11.5 Å². The SMILES string of the molecule is CCn1cc(C(C)NCC(C)(C)CC)cn1. The third kappa shape index (κ3) is 3.63. The van der Waals surface area contributed by atoms with Crippen LogP contribution in [0.2, 0.25) is 0 Å². The Morgan fingerprint density at radius 3 is 2.62 bits per heavy atom. The van der Waals surface area contributed by atoms with Crippen molar-refractivity contribution in [2.24, 2.45) is 5.41 Å². The van der Waals surface area contributed by atoms with Gasteiger partial charge >= 0.3 is 0 Å². The van der Waals surface area contributed by atoms with E-state index in [-0.39, 0.29) is 0 Å². The minimum absolute atomic E-state index is 0.370. The summed E-state index contributed by atoms with van der Waals surface area (Å²) in [6.45, 7) is 13.1. The first-order valence-electron chi connectivity index (χ1n) is 6.24. The zero-order chi connectivity index (χ0) is 12.2. The molecule has 16 heavy (non-hydrogen) atoms. The lowest BCUT2D eigenvalue weighted by molar-refractivity contribution is 0.314. The summed E-state index contributed by atoms with van der Waals surface area (Å²) < 4.78 is 1.97. The van der Waals surface area contributed by atoms with E-state index in [4.69, 9.17) is 0 Å². The van der Waals surface area contributed by atoms with Crippen molar-refractivity contribution in [1.82, 2.24) is 15.1 Å². The number of nitrogens with zero attached hydrogens (tertiary/aromatic N) is 2. The van der Waals surface area contributed by atoms with Gasteiger partial charge in [0, 0.05) is 30.9 Å². The number of aryl methyl sites for hydroxylation is 1. The van der Waals surface area contributed by atoms with Gasteiger partial charge in [0.15, 0.2) is 0 Å². The van der Waals surface area contributed by atoms with Crippen molar-refractivity contribution in [3.63, 3.8) is 0 Å². The predicted molar refractivity (Wildman–Crippen MR) is 68.4 cm³/mol. The molecule has 3 nitrogen and oxygen atoms in total. The van der Waals surface area contributed by atoms with Crippen LogP contribution in [0.1, 0.15) is 52.6 Å². The summed E-state index contributed by atoms with van der Waals surface area (Å²) in [7, 11) is 0. The molecule has 0 bridgehead atoms. The third-order valence-electron chi connectivity index (χ3n) is 3.32. The highest BCUT2D eigenvalue weighted by Crippen LogP contribution is 2.20.